The first-order valence-electron chi connectivity index (χ1n) is 10.3. The predicted octanol–water partition coefficient (Wildman–Crippen LogP) is 6.84. The molecule has 8 atom stereocenters. The molecule has 3 saturated carbocycles. The van der Waals surface area contributed by atoms with Gasteiger partial charge < -0.3 is 0 Å². The Bertz CT molecular complexity index is 387. The van der Waals surface area contributed by atoms with Crippen molar-refractivity contribution in [3.05, 3.63) is 0 Å². The highest BCUT2D eigenvalue weighted by Crippen LogP contribution is 2.63. The largest absolute Gasteiger partial charge is 0.0689 e. The topological polar surface area (TPSA) is 0 Å². The molecule has 0 nitrogen and oxygen atoms in total. The predicted molar refractivity (Wildman–Crippen MR) is 101 cm³/mol. The zero-order chi connectivity index (χ0) is 16.2. The Balaban J connectivity index is 1.86. The van der Waals surface area contributed by atoms with Gasteiger partial charge in [0, 0.05) is 0 Å². The van der Waals surface area contributed by atoms with Crippen LogP contribution in [0.15, 0.2) is 0 Å². The molecule has 3 aliphatic rings. The highest BCUT2D eigenvalue weighted by Gasteiger charge is 2.56. The van der Waals surface area contributed by atoms with Crippen LogP contribution in [0.3, 0.4) is 0 Å². The number of fused-ring (bicyclic) bond motifs is 1. The minimum atomic E-state index is -1.20. The lowest BCUT2D eigenvalue weighted by molar-refractivity contribution is 0.235. The molecule has 8 unspecified atom stereocenters. The molecular formula is C21H40Si. The van der Waals surface area contributed by atoms with E-state index in [4.69, 9.17) is 0 Å². The lowest BCUT2D eigenvalue weighted by atomic mass is 9.78. The first-order valence-corrected chi connectivity index (χ1v) is 13.4. The molecule has 0 aromatic rings. The van der Waals surface area contributed by atoms with Crippen molar-refractivity contribution in [3.63, 3.8) is 0 Å². The summed E-state index contributed by atoms with van der Waals surface area (Å²) in [4.78, 5) is 0. The molecule has 0 aliphatic heterocycles. The molecule has 0 bridgehead atoms. The number of rotatable bonds is 2. The maximum absolute atomic E-state index is 2.80. The van der Waals surface area contributed by atoms with Gasteiger partial charge in [0.2, 0.25) is 0 Å². The Hall–Kier alpha value is 0.217. The average molecular weight is 321 g/mol. The van der Waals surface area contributed by atoms with E-state index in [0.717, 1.165) is 52.5 Å². The van der Waals surface area contributed by atoms with Crippen molar-refractivity contribution < 1.29 is 0 Å². The van der Waals surface area contributed by atoms with Crippen LogP contribution < -0.4 is 0 Å². The van der Waals surface area contributed by atoms with Crippen molar-refractivity contribution in [2.45, 2.75) is 90.9 Å². The highest BCUT2D eigenvalue weighted by molar-refractivity contribution is 6.80. The third-order valence-electron chi connectivity index (χ3n) is 9.18. The van der Waals surface area contributed by atoms with Gasteiger partial charge in [-0.25, -0.2) is 0 Å². The molecule has 0 heterocycles. The van der Waals surface area contributed by atoms with E-state index in [-0.39, 0.29) is 0 Å². The van der Waals surface area contributed by atoms with Crippen LogP contribution in [0.4, 0.5) is 0 Å². The summed E-state index contributed by atoms with van der Waals surface area (Å²) in [6, 6.07) is 0. The molecule has 0 N–H and O–H groups in total. The van der Waals surface area contributed by atoms with E-state index < -0.39 is 8.07 Å². The van der Waals surface area contributed by atoms with E-state index in [2.05, 4.69) is 47.7 Å². The standard InChI is InChI=1S/C21H40Si/c1-13-12-20(19-11-9-8-10-18(13)19)22(6,7)21-16(4)14(2)15(3)17(21)5/h13-21H,8-12H2,1-7H3. The fourth-order valence-corrected chi connectivity index (χ4v) is 14.0. The molecule has 128 valence electrons. The minimum absolute atomic E-state index is 0.938. The third-order valence-corrected chi connectivity index (χ3v) is 14.5. The van der Waals surface area contributed by atoms with Crippen LogP contribution >= 0.6 is 0 Å². The Labute approximate surface area is 140 Å². The van der Waals surface area contributed by atoms with Crippen LogP contribution in [0.1, 0.15) is 66.7 Å². The molecule has 0 saturated heterocycles. The lowest BCUT2D eigenvalue weighted by Crippen LogP contribution is -2.44. The Kier molecular flexibility index (Phi) is 4.60. The Morgan fingerprint density at radius 3 is 1.73 bits per heavy atom. The summed E-state index contributed by atoms with van der Waals surface area (Å²) in [7, 11) is -1.20. The van der Waals surface area contributed by atoms with Gasteiger partial charge in [-0.15, -0.1) is 0 Å². The molecule has 3 fully saturated rings. The summed E-state index contributed by atoms with van der Waals surface area (Å²) >= 11 is 0. The molecule has 3 aliphatic carbocycles. The van der Waals surface area contributed by atoms with E-state index in [1.165, 1.54) is 12.8 Å². The van der Waals surface area contributed by atoms with Crippen LogP contribution in [0.2, 0.25) is 24.2 Å². The van der Waals surface area contributed by atoms with Gasteiger partial charge in [0.25, 0.3) is 0 Å². The zero-order valence-electron chi connectivity index (χ0n) is 16.2. The summed E-state index contributed by atoms with van der Waals surface area (Å²) in [5.74, 6) is 7.02. The van der Waals surface area contributed by atoms with E-state index in [1.807, 2.05) is 0 Å². The van der Waals surface area contributed by atoms with Gasteiger partial charge in [-0.3, -0.25) is 0 Å². The Morgan fingerprint density at radius 1 is 0.682 bits per heavy atom. The molecular weight excluding hydrogens is 280 g/mol. The summed E-state index contributed by atoms with van der Waals surface area (Å²) in [6.07, 6.45) is 7.74. The molecule has 1 heteroatoms. The monoisotopic (exact) mass is 320 g/mol. The molecule has 0 aromatic carbocycles. The van der Waals surface area contributed by atoms with Gasteiger partial charge in [0.1, 0.15) is 0 Å². The summed E-state index contributed by atoms with van der Waals surface area (Å²) < 4.78 is 0. The van der Waals surface area contributed by atoms with Crippen molar-refractivity contribution in [3.8, 4) is 0 Å². The summed E-state index contributed by atoms with van der Waals surface area (Å²) in [6.45, 7) is 18.4. The quantitative estimate of drug-likeness (QED) is 0.489. The van der Waals surface area contributed by atoms with Crippen LogP contribution in [0.25, 0.3) is 0 Å². The minimum Gasteiger partial charge on any atom is -0.0689 e. The van der Waals surface area contributed by atoms with Gasteiger partial charge in [-0.05, 0) is 65.3 Å². The fraction of sp³-hybridized carbons (Fsp3) is 1.00. The molecule has 3 rings (SSSR count). The third kappa shape index (κ3) is 2.45. The van der Waals surface area contributed by atoms with Crippen molar-refractivity contribution in [1.29, 1.82) is 0 Å². The number of hydrogen-bond acceptors (Lipinski definition) is 0. The van der Waals surface area contributed by atoms with E-state index in [0.29, 0.717) is 0 Å². The molecule has 22 heavy (non-hydrogen) atoms. The SMILES string of the molecule is CC1CC([Si](C)(C)C2C(C)C(C)C(C)C2C)C2CCCCC12. The summed E-state index contributed by atoms with van der Waals surface area (Å²) in [5.41, 5.74) is 2.19. The lowest BCUT2D eigenvalue weighted by Gasteiger charge is -2.45. The second kappa shape index (κ2) is 5.94. The molecule has 0 amide bonds. The van der Waals surface area contributed by atoms with Crippen molar-refractivity contribution in [2.75, 3.05) is 0 Å². The average Bonchev–Trinajstić information content (AvgIpc) is 2.92. The van der Waals surface area contributed by atoms with Crippen LogP contribution in [-0.4, -0.2) is 8.07 Å². The molecule has 0 spiro atoms. The molecule has 0 radical (unpaired) electrons. The van der Waals surface area contributed by atoms with Gasteiger partial charge in [-0.1, -0.05) is 67.0 Å². The Morgan fingerprint density at radius 2 is 1.18 bits per heavy atom. The van der Waals surface area contributed by atoms with Crippen LogP contribution in [0.5, 0.6) is 0 Å². The van der Waals surface area contributed by atoms with E-state index in [1.54, 1.807) is 19.3 Å². The second-order valence-electron chi connectivity index (χ2n) is 10.2. The normalized spacial score (nSPS) is 52.8. The molecule has 0 aromatic heterocycles. The maximum Gasteiger partial charge on any atom is 0.0544 e. The summed E-state index contributed by atoms with van der Waals surface area (Å²) in [5, 5.41) is 0. The van der Waals surface area contributed by atoms with Crippen molar-refractivity contribution in [2.24, 2.45) is 41.4 Å². The van der Waals surface area contributed by atoms with Crippen molar-refractivity contribution >= 4 is 8.07 Å². The van der Waals surface area contributed by atoms with Gasteiger partial charge in [-0.2, -0.15) is 0 Å². The van der Waals surface area contributed by atoms with E-state index in [9.17, 15) is 0 Å². The zero-order valence-corrected chi connectivity index (χ0v) is 17.2. The highest BCUT2D eigenvalue weighted by atomic mass is 28.3. The fourth-order valence-electron chi connectivity index (χ4n) is 7.69. The first kappa shape index (κ1) is 17.1. The van der Waals surface area contributed by atoms with Gasteiger partial charge >= 0.3 is 0 Å². The van der Waals surface area contributed by atoms with E-state index >= 15 is 0 Å². The van der Waals surface area contributed by atoms with Gasteiger partial charge in [0.15, 0.2) is 0 Å². The van der Waals surface area contributed by atoms with Gasteiger partial charge in [0.05, 0.1) is 8.07 Å². The van der Waals surface area contributed by atoms with Crippen molar-refractivity contribution in [1.82, 2.24) is 0 Å². The maximum atomic E-state index is 2.80. The first-order chi connectivity index (χ1) is 10.3. The number of hydrogen-bond donors (Lipinski definition) is 0. The van der Waals surface area contributed by atoms with Crippen LogP contribution in [-0.2, 0) is 0 Å². The smallest absolute Gasteiger partial charge is 0.0544 e. The van der Waals surface area contributed by atoms with Crippen LogP contribution in [0, 0.1) is 41.4 Å². The second-order valence-corrected chi connectivity index (χ2v) is 15.3.